The van der Waals surface area contributed by atoms with Crippen LogP contribution in [-0.2, 0) is 9.47 Å². The highest BCUT2D eigenvalue weighted by Gasteiger charge is 2.25. The molecule has 9 heteroatoms. The van der Waals surface area contributed by atoms with Crippen LogP contribution in [-0.4, -0.2) is 60.1 Å². The molecule has 3 aromatic rings. The number of ether oxygens (including phenoxy) is 2. The first-order valence-corrected chi connectivity index (χ1v) is 11.9. The summed E-state index contributed by atoms with van der Waals surface area (Å²) in [6, 6.07) is 13.3. The number of aryl methyl sites for hydroxylation is 1. The molecule has 35 heavy (non-hydrogen) atoms. The van der Waals surface area contributed by atoms with Crippen molar-refractivity contribution in [2.75, 3.05) is 37.7 Å². The molecule has 2 aromatic carbocycles. The van der Waals surface area contributed by atoms with E-state index in [1.165, 1.54) is 0 Å². The second kappa shape index (κ2) is 11.1. The number of amides is 1. The fourth-order valence-corrected chi connectivity index (χ4v) is 4.70. The van der Waals surface area contributed by atoms with E-state index in [2.05, 4.69) is 28.4 Å². The number of rotatable bonds is 5. The number of phenols is 1. The SMILES string of the molecule is Cc1ccc2c(N3CCC[C@H](CNC(=O)O[C@@H]4CCOC4)C3)nc(-c3ccccc3O)nc2c1.Cl. The molecule has 0 bridgehead atoms. The van der Waals surface area contributed by atoms with E-state index in [1.54, 1.807) is 12.1 Å². The van der Waals surface area contributed by atoms with Crippen molar-refractivity contribution in [2.24, 2.45) is 5.92 Å². The van der Waals surface area contributed by atoms with Gasteiger partial charge >= 0.3 is 6.09 Å². The van der Waals surface area contributed by atoms with Gasteiger partial charge in [-0.1, -0.05) is 18.2 Å². The normalized spacial score (nSPS) is 19.9. The molecule has 2 aliphatic rings. The van der Waals surface area contributed by atoms with Crippen LogP contribution >= 0.6 is 12.4 Å². The molecule has 0 aliphatic carbocycles. The van der Waals surface area contributed by atoms with Crippen molar-refractivity contribution in [1.29, 1.82) is 0 Å². The fourth-order valence-electron chi connectivity index (χ4n) is 4.70. The topological polar surface area (TPSA) is 96.8 Å². The van der Waals surface area contributed by atoms with Crippen molar-refractivity contribution in [3.8, 4) is 17.1 Å². The maximum atomic E-state index is 12.2. The number of hydrogen-bond donors (Lipinski definition) is 2. The lowest BCUT2D eigenvalue weighted by molar-refractivity contribution is 0.0821. The van der Waals surface area contributed by atoms with Gasteiger partial charge in [0, 0.05) is 31.4 Å². The molecule has 0 unspecified atom stereocenters. The number of para-hydroxylation sites is 1. The zero-order chi connectivity index (χ0) is 23.5. The molecular weight excluding hydrogens is 468 g/mol. The molecule has 2 N–H and O–H groups in total. The molecule has 2 fully saturated rings. The third kappa shape index (κ3) is 5.77. The van der Waals surface area contributed by atoms with E-state index in [0.29, 0.717) is 31.1 Å². The maximum Gasteiger partial charge on any atom is 0.407 e. The maximum absolute atomic E-state index is 12.2. The first kappa shape index (κ1) is 25.0. The third-order valence-corrected chi connectivity index (χ3v) is 6.49. The number of carbonyl (C=O) groups is 1. The van der Waals surface area contributed by atoms with Gasteiger partial charge in [-0.3, -0.25) is 0 Å². The number of aromatic nitrogens is 2. The molecule has 2 saturated heterocycles. The number of nitrogens with zero attached hydrogens (tertiary/aromatic N) is 3. The number of fused-ring (bicyclic) bond motifs is 1. The molecule has 0 radical (unpaired) electrons. The minimum Gasteiger partial charge on any atom is -0.507 e. The summed E-state index contributed by atoms with van der Waals surface area (Å²) in [5.74, 6) is 1.81. The van der Waals surface area contributed by atoms with Crippen molar-refractivity contribution in [2.45, 2.75) is 32.3 Å². The van der Waals surface area contributed by atoms with Gasteiger partial charge in [-0.05, 0) is 55.5 Å². The van der Waals surface area contributed by atoms with Crippen LogP contribution in [0.25, 0.3) is 22.3 Å². The molecule has 2 aliphatic heterocycles. The van der Waals surface area contributed by atoms with E-state index in [1.807, 2.05) is 19.1 Å². The fraction of sp³-hybridized carbons (Fsp3) is 0.423. The highest BCUT2D eigenvalue weighted by molar-refractivity contribution is 5.92. The van der Waals surface area contributed by atoms with E-state index in [-0.39, 0.29) is 36.3 Å². The minimum atomic E-state index is -0.377. The zero-order valence-electron chi connectivity index (χ0n) is 19.8. The molecule has 0 saturated carbocycles. The van der Waals surface area contributed by atoms with Gasteiger partial charge in [-0.2, -0.15) is 0 Å². The van der Waals surface area contributed by atoms with Crippen LogP contribution in [0.3, 0.4) is 0 Å². The van der Waals surface area contributed by atoms with Crippen molar-refractivity contribution in [1.82, 2.24) is 15.3 Å². The number of hydrogen-bond acceptors (Lipinski definition) is 7. The Labute approximate surface area is 211 Å². The molecule has 2 atom stereocenters. The van der Waals surface area contributed by atoms with Gasteiger partial charge < -0.3 is 24.8 Å². The standard InChI is InChI=1S/C26H30N4O4.ClH/c1-17-8-9-20-22(13-17)28-24(21-6-2-3-7-23(21)31)29-25(20)30-11-4-5-18(15-30)14-27-26(32)34-19-10-12-33-16-19;/h2-3,6-9,13,18-19,31H,4-5,10-12,14-16H2,1H3,(H,27,32);1H/t18-,19-;/m1./s1. The van der Waals surface area contributed by atoms with Crippen LogP contribution in [0.15, 0.2) is 42.5 Å². The molecule has 1 aromatic heterocycles. The number of halogens is 1. The Morgan fingerprint density at radius 1 is 1.23 bits per heavy atom. The summed E-state index contributed by atoms with van der Waals surface area (Å²) < 4.78 is 10.7. The average Bonchev–Trinajstić information content (AvgIpc) is 3.35. The summed E-state index contributed by atoms with van der Waals surface area (Å²) in [6.45, 7) is 5.36. The zero-order valence-corrected chi connectivity index (χ0v) is 20.6. The van der Waals surface area contributed by atoms with Crippen LogP contribution in [0.1, 0.15) is 24.8 Å². The average molecular weight is 499 g/mol. The monoisotopic (exact) mass is 498 g/mol. The van der Waals surface area contributed by atoms with Gasteiger partial charge in [-0.15, -0.1) is 12.4 Å². The summed E-state index contributed by atoms with van der Waals surface area (Å²) in [6.07, 6.45) is 2.26. The van der Waals surface area contributed by atoms with E-state index < -0.39 is 0 Å². The van der Waals surface area contributed by atoms with E-state index in [0.717, 1.165) is 54.6 Å². The summed E-state index contributed by atoms with van der Waals surface area (Å²) in [4.78, 5) is 24.1. The second-order valence-corrected chi connectivity index (χ2v) is 9.13. The lowest BCUT2D eigenvalue weighted by atomic mass is 9.97. The number of alkyl carbamates (subject to hydrolysis) is 1. The number of phenolic OH excluding ortho intramolecular Hbond substituents is 1. The third-order valence-electron chi connectivity index (χ3n) is 6.49. The minimum absolute atomic E-state index is 0. The van der Waals surface area contributed by atoms with Gasteiger partial charge in [0.05, 0.1) is 24.3 Å². The van der Waals surface area contributed by atoms with E-state index >= 15 is 0 Å². The molecule has 8 nitrogen and oxygen atoms in total. The number of benzene rings is 2. The quantitative estimate of drug-likeness (QED) is 0.536. The number of anilines is 1. The molecule has 0 spiro atoms. The van der Waals surface area contributed by atoms with Crippen LogP contribution < -0.4 is 10.2 Å². The Balaban J connectivity index is 0.00000289. The van der Waals surface area contributed by atoms with Crippen LogP contribution in [0.4, 0.5) is 10.6 Å². The smallest absolute Gasteiger partial charge is 0.407 e. The van der Waals surface area contributed by atoms with Gasteiger partial charge in [0.15, 0.2) is 5.82 Å². The molecule has 5 rings (SSSR count). The van der Waals surface area contributed by atoms with E-state index in [4.69, 9.17) is 19.4 Å². The van der Waals surface area contributed by atoms with Crippen molar-refractivity contribution < 1.29 is 19.4 Å². The number of aromatic hydroxyl groups is 1. The summed E-state index contributed by atoms with van der Waals surface area (Å²) in [7, 11) is 0. The first-order chi connectivity index (χ1) is 16.6. The predicted molar refractivity (Wildman–Crippen MR) is 137 cm³/mol. The second-order valence-electron chi connectivity index (χ2n) is 9.13. The Hall–Kier alpha value is -3.10. The van der Waals surface area contributed by atoms with E-state index in [9.17, 15) is 9.90 Å². The Kier molecular flexibility index (Phi) is 7.93. The van der Waals surface area contributed by atoms with Gasteiger partial charge in [0.1, 0.15) is 17.7 Å². The van der Waals surface area contributed by atoms with Gasteiger partial charge in [0.25, 0.3) is 0 Å². The van der Waals surface area contributed by atoms with Gasteiger partial charge in [0.2, 0.25) is 0 Å². The number of nitrogens with one attached hydrogen (secondary N) is 1. The Bertz CT molecular complexity index is 1190. The summed E-state index contributed by atoms with van der Waals surface area (Å²) >= 11 is 0. The lowest BCUT2D eigenvalue weighted by Gasteiger charge is -2.34. The largest absolute Gasteiger partial charge is 0.507 e. The Morgan fingerprint density at radius 3 is 2.89 bits per heavy atom. The first-order valence-electron chi connectivity index (χ1n) is 11.9. The highest BCUT2D eigenvalue weighted by Crippen LogP contribution is 2.33. The molecule has 1 amide bonds. The predicted octanol–water partition coefficient (Wildman–Crippen LogP) is 4.46. The van der Waals surface area contributed by atoms with Crippen molar-refractivity contribution >= 4 is 35.2 Å². The van der Waals surface area contributed by atoms with Gasteiger partial charge in [-0.25, -0.2) is 14.8 Å². The van der Waals surface area contributed by atoms with Crippen LogP contribution in [0.2, 0.25) is 0 Å². The highest BCUT2D eigenvalue weighted by atomic mass is 35.5. The van der Waals surface area contributed by atoms with Crippen molar-refractivity contribution in [3.05, 3.63) is 48.0 Å². The molecule has 186 valence electrons. The summed E-state index contributed by atoms with van der Waals surface area (Å²) in [5.41, 5.74) is 2.58. The number of piperidine rings is 1. The Morgan fingerprint density at radius 2 is 2.09 bits per heavy atom. The summed E-state index contributed by atoms with van der Waals surface area (Å²) in [5, 5.41) is 14.3. The lowest BCUT2D eigenvalue weighted by Crippen LogP contribution is -2.42. The number of carbonyl (C=O) groups excluding carboxylic acids is 1. The molecule has 3 heterocycles. The van der Waals surface area contributed by atoms with Crippen LogP contribution in [0.5, 0.6) is 5.75 Å². The van der Waals surface area contributed by atoms with Crippen molar-refractivity contribution in [3.63, 3.8) is 0 Å². The molecular formula is C26H31ClN4O4. The van der Waals surface area contributed by atoms with Crippen LogP contribution in [0, 0.1) is 12.8 Å².